The Hall–Kier alpha value is -0.110. The van der Waals surface area contributed by atoms with E-state index in [0.29, 0.717) is 0 Å². The number of allylic oxidation sites excluding steroid dienone is 1. The average molecular weight is 111 g/mol. The fourth-order valence-corrected chi connectivity index (χ4v) is 0. The summed E-state index contributed by atoms with van der Waals surface area (Å²) in [4.78, 5) is 0. The maximum atomic E-state index is 10.8. The van der Waals surface area contributed by atoms with Crippen LogP contribution in [0.4, 0.5) is 8.78 Å². The molecule has 0 aliphatic rings. The van der Waals surface area contributed by atoms with E-state index in [1.807, 2.05) is 0 Å². The first-order valence-corrected chi connectivity index (χ1v) is 1.55. The first kappa shape index (κ1) is 5.89. The summed E-state index contributed by atoms with van der Waals surface area (Å²) in [5.74, 6) is 0. The van der Waals surface area contributed by atoms with Gasteiger partial charge in [0.1, 0.15) is 0 Å². The predicted octanol–water partition coefficient (Wildman–Crippen LogP) is 2.17. The van der Waals surface area contributed by atoms with Crippen molar-refractivity contribution in [2.45, 2.75) is 0 Å². The summed E-state index contributed by atoms with van der Waals surface area (Å²) in [5.41, 5.74) is 0. The van der Waals surface area contributed by atoms with Crippen molar-refractivity contribution in [1.29, 1.82) is 0 Å². The minimum atomic E-state index is -1.92. The molecule has 0 aromatic heterocycles. The molecular weight excluding hydrogens is 109 g/mol. The van der Waals surface area contributed by atoms with Crippen LogP contribution in [0.15, 0.2) is 11.1 Å². The molecule has 0 rings (SSSR count). The van der Waals surface area contributed by atoms with Gasteiger partial charge in [-0.05, 0) is 6.92 Å². The molecule has 0 atom stereocenters. The molecule has 0 nitrogen and oxygen atoms in total. The van der Waals surface area contributed by atoms with Crippen LogP contribution < -0.4 is 0 Å². The van der Waals surface area contributed by atoms with E-state index in [9.17, 15) is 8.78 Å². The van der Waals surface area contributed by atoms with Crippen LogP contribution in [-0.4, -0.2) is 0 Å². The Labute approximate surface area is 39.4 Å². The highest BCUT2D eigenvalue weighted by atomic mass is 35.5. The average Bonchev–Trinajstić information content (AvgIpc) is 1.36. The molecule has 0 heterocycles. The van der Waals surface area contributed by atoms with Gasteiger partial charge < -0.3 is 0 Å². The largest absolute Gasteiger partial charge is 0.284 e. The fraction of sp³-hybridized carbons (Fsp3) is 0. The van der Waals surface area contributed by atoms with Crippen molar-refractivity contribution in [2.24, 2.45) is 0 Å². The number of hydrogen-bond donors (Lipinski definition) is 0. The lowest BCUT2D eigenvalue weighted by Crippen LogP contribution is -1.57. The van der Waals surface area contributed by atoms with Gasteiger partial charge in [0.05, 0.1) is 5.03 Å². The van der Waals surface area contributed by atoms with E-state index in [4.69, 9.17) is 0 Å². The highest BCUT2D eigenvalue weighted by molar-refractivity contribution is 6.30. The second-order valence-electron chi connectivity index (χ2n) is 0.665. The molecule has 0 saturated heterocycles. The van der Waals surface area contributed by atoms with Crippen molar-refractivity contribution in [1.82, 2.24) is 0 Å². The Morgan fingerprint density at radius 3 is 1.67 bits per heavy atom. The third-order valence-electron chi connectivity index (χ3n) is 0.205. The predicted molar refractivity (Wildman–Crippen MR) is 20.5 cm³/mol. The van der Waals surface area contributed by atoms with Crippen LogP contribution in [0.1, 0.15) is 0 Å². The van der Waals surface area contributed by atoms with Crippen molar-refractivity contribution in [2.75, 3.05) is 0 Å². The maximum absolute atomic E-state index is 10.8. The van der Waals surface area contributed by atoms with E-state index in [1.54, 1.807) is 0 Å². The number of hydrogen-bond acceptors (Lipinski definition) is 0. The quantitative estimate of drug-likeness (QED) is 0.449. The van der Waals surface area contributed by atoms with Crippen LogP contribution >= 0.6 is 11.6 Å². The molecular formula is C3H2ClF2. The third kappa shape index (κ3) is 2.15. The molecule has 0 aliphatic heterocycles. The van der Waals surface area contributed by atoms with Gasteiger partial charge in [-0.1, -0.05) is 11.6 Å². The van der Waals surface area contributed by atoms with Crippen molar-refractivity contribution < 1.29 is 8.78 Å². The van der Waals surface area contributed by atoms with E-state index in [2.05, 4.69) is 18.5 Å². The molecule has 0 unspecified atom stereocenters. The SMILES string of the molecule is [CH2]C(Cl)=C(F)F. The van der Waals surface area contributed by atoms with E-state index in [1.165, 1.54) is 0 Å². The monoisotopic (exact) mass is 111 g/mol. The summed E-state index contributed by atoms with van der Waals surface area (Å²) >= 11 is 4.63. The zero-order valence-corrected chi connectivity index (χ0v) is 3.60. The van der Waals surface area contributed by atoms with Gasteiger partial charge in [0.25, 0.3) is 6.08 Å². The zero-order chi connectivity index (χ0) is 5.15. The minimum Gasteiger partial charge on any atom is -0.172 e. The van der Waals surface area contributed by atoms with Crippen LogP contribution in [0.2, 0.25) is 0 Å². The molecule has 0 spiro atoms. The lowest BCUT2D eigenvalue weighted by atomic mass is 10.7. The van der Waals surface area contributed by atoms with Crippen molar-refractivity contribution in [3.63, 3.8) is 0 Å². The highest BCUT2D eigenvalue weighted by Crippen LogP contribution is 2.08. The number of halogens is 3. The van der Waals surface area contributed by atoms with Gasteiger partial charge in [-0.15, -0.1) is 0 Å². The molecule has 0 N–H and O–H groups in total. The molecule has 0 aliphatic carbocycles. The molecule has 6 heavy (non-hydrogen) atoms. The molecule has 35 valence electrons. The first-order chi connectivity index (χ1) is 2.64. The van der Waals surface area contributed by atoms with E-state index in [-0.39, 0.29) is 0 Å². The van der Waals surface area contributed by atoms with Crippen LogP contribution in [0, 0.1) is 6.92 Å². The summed E-state index contributed by atoms with van der Waals surface area (Å²) in [6, 6.07) is 0. The molecule has 0 aromatic rings. The van der Waals surface area contributed by atoms with Gasteiger partial charge in [0, 0.05) is 0 Å². The van der Waals surface area contributed by atoms with Gasteiger partial charge in [-0.25, -0.2) is 0 Å². The molecule has 0 bridgehead atoms. The van der Waals surface area contributed by atoms with Gasteiger partial charge in [0.15, 0.2) is 0 Å². The van der Waals surface area contributed by atoms with Gasteiger partial charge >= 0.3 is 0 Å². The zero-order valence-electron chi connectivity index (χ0n) is 2.84. The Bertz CT molecular complexity index is 58.9. The molecule has 0 amide bonds. The van der Waals surface area contributed by atoms with E-state index >= 15 is 0 Å². The van der Waals surface area contributed by atoms with Crippen molar-refractivity contribution in [3.05, 3.63) is 18.0 Å². The van der Waals surface area contributed by atoms with Crippen LogP contribution in [0.3, 0.4) is 0 Å². The van der Waals surface area contributed by atoms with Gasteiger partial charge in [0.2, 0.25) is 0 Å². The Kier molecular flexibility index (Phi) is 2.09. The Morgan fingerprint density at radius 1 is 1.50 bits per heavy atom. The normalized spacial score (nSPS) is 8.00. The summed E-state index contributed by atoms with van der Waals surface area (Å²) in [6.45, 7) is 2.73. The van der Waals surface area contributed by atoms with Crippen molar-refractivity contribution in [3.8, 4) is 0 Å². The highest BCUT2D eigenvalue weighted by Gasteiger charge is 1.90. The lowest BCUT2D eigenvalue weighted by molar-refractivity contribution is 0.419. The summed E-state index contributed by atoms with van der Waals surface area (Å²) in [7, 11) is 0. The molecule has 0 aromatic carbocycles. The second-order valence-corrected chi connectivity index (χ2v) is 1.12. The van der Waals surface area contributed by atoms with Crippen LogP contribution in [0.25, 0.3) is 0 Å². The van der Waals surface area contributed by atoms with Crippen LogP contribution in [-0.2, 0) is 0 Å². The summed E-state index contributed by atoms with van der Waals surface area (Å²) in [6.07, 6.45) is -1.92. The second kappa shape index (κ2) is 2.13. The van der Waals surface area contributed by atoms with Crippen molar-refractivity contribution >= 4 is 11.6 Å². The number of rotatable bonds is 0. The maximum Gasteiger partial charge on any atom is 0.284 e. The van der Waals surface area contributed by atoms with Gasteiger partial charge in [-0.2, -0.15) is 8.78 Å². The van der Waals surface area contributed by atoms with Gasteiger partial charge in [-0.3, -0.25) is 0 Å². The Morgan fingerprint density at radius 2 is 1.67 bits per heavy atom. The first-order valence-electron chi connectivity index (χ1n) is 1.17. The van der Waals surface area contributed by atoms with E-state index < -0.39 is 11.1 Å². The third-order valence-corrected chi connectivity index (χ3v) is 0.348. The van der Waals surface area contributed by atoms with E-state index in [0.717, 1.165) is 0 Å². The minimum absolute atomic E-state index is 0.685. The fourth-order valence-electron chi connectivity index (χ4n) is 0. The smallest absolute Gasteiger partial charge is 0.172 e. The van der Waals surface area contributed by atoms with Crippen LogP contribution in [0.5, 0.6) is 0 Å². The lowest BCUT2D eigenvalue weighted by Gasteiger charge is -1.75. The molecule has 1 radical (unpaired) electrons. The summed E-state index contributed by atoms with van der Waals surface area (Å²) < 4.78 is 21.7. The molecule has 0 saturated carbocycles. The molecule has 3 heteroatoms. The summed E-state index contributed by atoms with van der Waals surface area (Å²) in [5, 5.41) is -0.685. The Balaban J connectivity index is 3.68. The molecule has 0 fully saturated rings. The standard InChI is InChI=1S/C3H2ClF2/c1-2(4)3(5)6/h1H2. The topological polar surface area (TPSA) is 0 Å².